The van der Waals surface area contributed by atoms with E-state index < -0.39 is 0 Å². The number of nitrogens with zero attached hydrogens (tertiary/aromatic N) is 2. The number of hydrogen-bond donors (Lipinski definition) is 1. The van der Waals surface area contributed by atoms with Gasteiger partial charge in [-0.2, -0.15) is 0 Å². The molecule has 0 atom stereocenters. The van der Waals surface area contributed by atoms with Crippen LogP contribution in [0.1, 0.15) is 31.6 Å². The van der Waals surface area contributed by atoms with Crippen LogP contribution in [0.5, 0.6) is 0 Å². The SMILES string of the molecule is CCc1nc(-c2ccccc2F)c(N)n1C1CC1. The average Bonchev–Trinajstić information content (AvgIpc) is 3.15. The molecule has 3 rings (SSSR count). The van der Waals surface area contributed by atoms with E-state index in [-0.39, 0.29) is 5.82 Å². The highest BCUT2D eigenvalue weighted by Crippen LogP contribution is 2.41. The lowest BCUT2D eigenvalue weighted by molar-refractivity contribution is 0.631. The van der Waals surface area contributed by atoms with E-state index >= 15 is 0 Å². The molecule has 2 aromatic rings. The number of aromatic nitrogens is 2. The molecule has 18 heavy (non-hydrogen) atoms. The molecule has 1 fully saturated rings. The lowest BCUT2D eigenvalue weighted by Gasteiger charge is -2.06. The number of imidazole rings is 1. The zero-order chi connectivity index (χ0) is 12.7. The molecule has 0 unspecified atom stereocenters. The summed E-state index contributed by atoms with van der Waals surface area (Å²) in [6, 6.07) is 7.11. The minimum Gasteiger partial charge on any atom is -0.383 e. The summed E-state index contributed by atoms with van der Waals surface area (Å²) >= 11 is 0. The Morgan fingerprint density at radius 1 is 1.39 bits per heavy atom. The van der Waals surface area contributed by atoms with Crippen molar-refractivity contribution in [2.24, 2.45) is 0 Å². The van der Waals surface area contributed by atoms with Gasteiger partial charge in [0.15, 0.2) is 0 Å². The van der Waals surface area contributed by atoms with E-state index in [2.05, 4.69) is 9.55 Å². The molecule has 1 aliphatic carbocycles. The van der Waals surface area contributed by atoms with E-state index in [0.29, 0.717) is 23.1 Å². The minimum atomic E-state index is -0.271. The second-order valence-corrected chi connectivity index (χ2v) is 4.70. The molecule has 1 aliphatic rings. The molecule has 2 N–H and O–H groups in total. The minimum absolute atomic E-state index is 0.271. The molecule has 1 saturated carbocycles. The van der Waals surface area contributed by atoms with Crippen LogP contribution in [-0.2, 0) is 6.42 Å². The van der Waals surface area contributed by atoms with Gasteiger partial charge in [0.1, 0.15) is 23.2 Å². The van der Waals surface area contributed by atoms with Gasteiger partial charge in [0.25, 0.3) is 0 Å². The molecule has 1 heterocycles. The van der Waals surface area contributed by atoms with E-state index in [0.717, 1.165) is 25.1 Å². The van der Waals surface area contributed by atoms with E-state index in [4.69, 9.17) is 5.73 Å². The maximum Gasteiger partial charge on any atom is 0.132 e. The van der Waals surface area contributed by atoms with Crippen LogP contribution in [0, 0.1) is 5.82 Å². The first-order chi connectivity index (χ1) is 8.72. The number of aryl methyl sites for hydroxylation is 1. The number of anilines is 1. The predicted octanol–water partition coefficient (Wildman–Crippen LogP) is 3.17. The van der Waals surface area contributed by atoms with Gasteiger partial charge >= 0.3 is 0 Å². The van der Waals surface area contributed by atoms with Crippen LogP contribution in [0.3, 0.4) is 0 Å². The molecule has 94 valence electrons. The van der Waals surface area contributed by atoms with Crippen molar-refractivity contribution in [3.63, 3.8) is 0 Å². The van der Waals surface area contributed by atoms with Gasteiger partial charge in [-0.25, -0.2) is 9.37 Å². The highest BCUT2D eigenvalue weighted by Gasteiger charge is 2.29. The maximum atomic E-state index is 13.8. The first-order valence-electron chi connectivity index (χ1n) is 6.33. The largest absolute Gasteiger partial charge is 0.383 e. The van der Waals surface area contributed by atoms with Gasteiger partial charge < -0.3 is 10.3 Å². The monoisotopic (exact) mass is 245 g/mol. The smallest absolute Gasteiger partial charge is 0.132 e. The van der Waals surface area contributed by atoms with E-state index in [9.17, 15) is 4.39 Å². The third-order valence-electron chi connectivity index (χ3n) is 3.38. The standard InChI is InChI=1S/C14H16FN3/c1-2-12-17-13(10-5-3-4-6-11(10)15)14(16)18(12)9-7-8-9/h3-6,9H,2,7-8,16H2,1H3. The van der Waals surface area contributed by atoms with Crippen molar-refractivity contribution in [3.8, 4) is 11.3 Å². The number of halogens is 1. The summed E-state index contributed by atoms with van der Waals surface area (Å²) < 4.78 is 15.9. The highest BCUT2D eigenvalue weighted by molar-refractivity contribution is 5.71. The van der Waals surface area contributed by atoms with Gasteiger partial charge in [-0.15, -0.1) is 0 Å². The number of nitrogens with two attached hydrogens (primary N) is 1. The third kappa shape index (κ3) is 1.68. The van der Waals surface area contributed by atoms with E-state index in [1.807, 2.05) is 6.92 Å². The first-order valence-corrected chi connectivity index (χ1v) is 6.33. The van der Waals surface area contributed by atoms with Crippen molar-refractivity contribution in [2.45, 2.75) is 32.2 Å². The molecule has 0 radical (unpaired) electrons. The summed E-state index contributed by atoms with van der Waals surface area (Å²) in [6.45, 7) is 2.05. The van der Waals surface area contributed by atoms with Crippen LogP contribution in [0.4, 0.5) is 10.2 Å². The molecule has 0 saturated heterocycles. The molecule has 0 spiro atoms. The maximum absolute atomic E-state index is 13.8. The summed E-state index contributed by atoms with van der Waals surface area (Å²) in [4.78, 5) is 4.52. The Hall–Kier alpha value is -1.84. The van der Waals surface area contributed by atoms with Crippen LogP contribution >= 0.6 is 0 Å². The molecular weight excluding hydrogens is 229 g/mol. The van der Waals surface area contributed by atoms with Crippen molar-refractivity contribution >= 4 is 5.82 Å². The van der Waals surface area contributed by atoms with Crippen LogP contribution in [0.25, 0.3) is 11.3 Å². The molecular formula is C14H16FN3. The molecule has 3 nitrogen and oxygen atoms in total. The number of benzene rings is 1. The second-order valence-electron chi connectivity index (χ2n) is 4.70. The quantitative estimate of drug-likeness (QED) is 0.902. The molecule has 4 heteroatoms. The van der Waals surface area contributed by atoms with Gasteiger partial charge in [0.05, 0.1) is 0 Å². The van der Waals surface area contributed by atoms with E-state index in [1.165, 1.54) is 6.07 Å². The normalized spacial score (nSPS) is 15.0. The predicted molar refractivity (Wildman–Crippen MR) is 69.7 cm³/mol. The van der Waals surface area contributed by atoms with Gasteiger partial charge in [0, 0.05) is 18.0 Å². The lowest BCUT2D eigenvalue weighted by atomic mass is 10.1. The fourth-order valence-corrected chi connectivity index (χ4v) is 2.33. The van der Waals surface area contributed by atoms with Crippen molar-refractivity contribution in [1.82, 2.24) is 9.55 Å². The molecule has 0 aliphatic heterocycles. The second kappa shape index (κ2) is 4.12. The fourth-order valence-electron chi connectivity index (χ4n) is 2.33. The topological polar surface area (TPSA) is 43.8 Å². The molecule has 1 aromatic heterocycles. The summed E-state index contributed by atoms with van der Waals surface area (Å²) in [7, 11) is 0. The van der Waals surface area contributed by atoms with E-state index in [1.54, 1.807) is 18.2 Å². The zero-order valence-electron chi connectivity index (χ0n) is 10.4. The Labute approximate surface area is 105 Å². The Kier molecular flexibility index (Phi) is 2.58. The Balaban J connectivity index is 2.16. The molecule has 0 bridgehead atoms. The first kappa shape index (κ1) is 11.3. The Bertz CT molecular complexity index is 585. The molecule has 0 amide bonds. The van der Waals surface area contributed by atoms with Gasteiger partial charge in [0.2, 0.25) is 0 Å². The van der Waals surface area contributed by atoms with Gasteiger partial charge in [-0.3, -0.25) is 0 Å². The highest BCUT2D eigenvalue weighted by atomic mass is 19.1. The van der Waals surface area contributed by atoms with Gasteiger partial charge in [-0.1, -0.05) is 19.1 Å². The number of hydrogen-bond acceptors (Lipinski definition) is 2. The van der Waals surface area contributed by atoms with Crippen LogP contribution in [0.2, 0.25) is 0 Å². The summed E-state index contributed by atoms with van der Waals surface area (Å²) in [5, 5.41) is 0. The number of rotatable bonds is 3. The van der Waals surface area contributed by atoms with Crippen molar-refractivity contribution < 1.29 is 4.39 Å². The zero-order valence-corrected chi connectivity index (χ0v) is 10.4. The van der Waals surface area contributed by atoms with Crippen molar-refractivity contribution in [1.29, 1.82) is 0 Å². The average molecular weight is 245 g/mol. The lowest BCUT2D eigenvalue weighted by Crippen LogP contribution is -2.04. The van der Waals surface area contributed by atoms with Crippen LogP contribution < -0.4 is 5.73 Å². The Morgan fingerprint density at radius 2 is 2.11 bits per heavy atom. The third-order valence-corrected chi connectivity index (χ3v) is 3.38. The van der Waals surface area contributed by atoms with Crippen molar-refractivity contribution in [3.05, 3.63) is 35.9 Å². The van der Waals surface area contributed by atoms with Gasteiger partial charge in [-0.05, 0) is 25.0 Å². The van der Waals surface area contributed by atoms with Crippen LogP contribution in [0.15, 0.2) is 24.3 Å². The fraction of sp³-hybridized carbons (Fsp3) is 0.357. The summed E-state index contributed by atoms with van der Waals surface area (Å²) in [5.41, 5.74) is 7.23. The van der Waals surface area contributed by atoms with Crippen LogP contribution in [-0.4, -0.2) is 9.55 Å². The van der Waals surface area contributed by atoms with Crippen molar-refractivity contribution in [2.75, 3.05) is 5.73 Å². The Morgan fingerprint density at radius 3 is 2.72 bits per heavy atom. The molecule has 1 aromatic carbocycles. The summed E-state index contributed by atoms with van der Waals surface area (Å²) in [6.07, 6.45) is 3.10. The number of nitrogen functional groups attached to an aromatic ring is 1. The summed E-state index contributed by atoms with van der Waals surface area (Å²) in [5.74, 6) is 1.28.